The van der Waals surface area contributed by atoms with Crippen LogP contribution < -0.4 is 15.1 Å². The first kappa shape index (κ1) is 19.5. The number of halogens is 1. The van der Waals surface area contributed by atoms with Crippen molar-refractivity contribution >= 4 is 38.4 Å². The molecule has 1 N–H and O–H groups in total. The van der Waals surface area contributed by atoms with Crippen LogP contribution in [0.2, 0.25) is 0 Å². The van der Waals surface area contributed by atoms with Crippen LogP contribution in [0, 0.1) is 0 Å². The number of carbonyl (C=O) groups is 1. The Kier molecular flexibility index (Phi) is 5.39. The molecule has 7 heteroatoms. The lowest BCUT2D eigenvalue weighted by atomic mass is 10.1. The minimum Gasteiger partial charge on any atom is -0.482 e. The second-order valence-electron chi connectivity index (χ2n) is 7.90. The fourth-order valence-corrected chi connectivity index (χ4v) is 4.90. The van der Waals surface area contributed by atoms with Crippen molar-refractivity contribution in [1.29, 1.82) is 0 Å². The molecule has 0 saturated carbocycles. The predicted molar refractivity (Wildman–Crippen MR) is 123 cm³/mol. The number of benzene rings is 2. The maximum absolute atomic E-state index is 11.5. The summed E-state index contributed by atoms with van der Waals surface area (Å²) in [5, 5.41) is 6.58. The number of anilines is 1. The molecule has 2 aliphatic rings. The van der Waals surface area contributed by atoms with Crippen LogP contribution in [0.25, 0.3) is 10.9 Å². The van der Waals surface area contributed by atoms with Gasteiger partial charge in [-0.3, -0.25) is 14.4 Å². The number of nitrogens with zero attached hydrogens (tertiary/aromatic N) is 3. The third-order valence-corrected chi connectivity index (χ3v) is 6.55. The quantitative estimate of drug-likeness (QED) is 0.621. The van der Waals surface area contributed by atoms with Crippen molar-refractivity contribution in [3.8, 4) is 5.75 Å². The van der Waals surface area contributed by atoms with Crippen LogP contribution in [0.5, 0.6) is 5.75 Å². The van der Waals surface area contributed by atoms with Crippen LogP contribution in [-0.2, 0) is 11.2 Å². The third kappa shape index (κ3) is 3.91. The Balaban J connectivity index is 1.14. The van der Waals surface area contributed by atoms with Crippen molar-refractivity contribution in [2.24, 2.45) is 0 Å². The standard InChI is InChI=1S/C23H25BrN4O2/c24-19-5-1-4-18-8-10-28(23(18)19)27-13-11-26(12-14-27)9-2-3-17-6-7-21-20(15-17)25-22(29)16-30-21/h1,4-8,10,15H,2-3,9,11-14,16H2,(H,25,29). The Bertz CT molecular complexity index is 1070. The summed E-state index contributed by atoms with van der Waals surface area (Å²) in [7, 11) is 0. The Morgan fingerprint density at radius 2 is 1.93 bits per heavy atom. The van der Waals surface area contributed by atoms with Crippen LogP contribution in [0.1, 0.15) is 12.0 Å². The minimum absolute atomic E-state index is 0.0833. The molecule has 0 bridgehead atoms. The van der Waals surface area contributed by atoms with Crippen molar-refractivity contribution in [3.05, 3.63) is 58.7 Å². The second-order valence-corrected chi connectivity index (χ2v) is 8.76. The van der Waals surface area contributed by atoms with E-state index in [-0.39, 0.29) is 12.5 Å². The summed E-state index contributed by atoms with van der Waals surface area (Å²) in [5.74, 6) is 0.679. The molecule has 0 atom stereocenters. The molecule has 1 saturated heterocycles. The highest BCUT2D eigenvalue weighted by atomic mass is 79.9. The molecule has 5 rings (SSSR count). The monoisotopic (exact) mass is 468 g/mol. The van der Waals surface area contributed by atoms with E-state index in [1.165, 1.54) is 16.5 Å². The number of rotatable bonds is 5. The number of piperazine rings is 1. The first-order valence-corrected chi connectivity index (χ1v) is 11.3. The minimum atomic E-state index is -0.0833. The number of ether oxygens (including phenoxy) is 1. The van der Waals surface area contributed by atoms with Crippen molar-refractivity contribution in [2.45, 2.75) is 12.8 Å². The number of aromatic nitrogens is 1. The van der Waals surface area contributed by atoms with E-state index < -0.39 is 0 Å². The number of amides is 1. The van der Waals surface area contributed by atoms with Crippen molar-refractivity contribution < 1.29 is 9.53 Å². The topological polar surface area (TPSA) is 49.7 Å². The summed E-state index contributed by atoms with van der Waals surface area (Å²) in [4.78, 5) is 14.1. The summed E-state index contributed by atoms with van der Waals surface area (Å²) >= 11 is 3.70. The molecular weight excluding hydrogens is 444 g/mol. The third-order valence-electron chi connectivity index (χ3n) is 5.91. The van der Waals surface area contributed by atoms with Gasteiger partial charge in [0.15, 0.2) is 6.61 Å². The average molecular weight is 469 g/mol. The van der Waals surface area contributed by atoms with Crippen LogP contribution in [0.4, 0.5) is 5.69 Å². The molecule has 6 nitrogen and oxygen atoms in total. The first-order valence-electron chi connectivity index (χ1n) is 10.5. The summed E-state index contributed by atoms with van der Waals surface area (Å²) < 4.78 is 8.87. The van der Waals surface area contributed by atoms with Crippen LogP contribution in [0.15, 0.2) is 53.1 Å². The molecule has 0 radical (unpaired) electrons. The molecule has 1 aromatic heterocycles. The molecule has 2 aliphatic heterocycles. The molecule has 1 fully saturated rings. The van der Waals surface area contributed by atoms with Gasteiger partial charge in [-0.15, -0.1) is 0 Å². The highest BCUT2D eigenvalue weighted by Gasteiger charge is 2.19. The van der Waals surface area contributed by atoms with Gasteiger partial charge in [-0.05, 0) is 65.1 Å². The highest BCUT2D eigenvalue weighted by Crippen LogP contribution is 2.29. The first-order chi connectivity index (χ1) is 14.7. The number of fused-ring (bicyclic) bond motifs is 2. The predicted octanol–water partition coefficient (Wildman–Crippen LogP) is 3.62. The molecule has 0 unspecified atom stereocenters. The number of aryl methyl sites for hydroxylation is 1. The van der Waals surface area contributed by atoms with Crippen LogP contribution in [0.3, 0.4) is 0 Å². The van der Waals surface area contributed by atoms with Crippen LogP contribution >= 0.6 is 15.9 Å². The Hall–Kier alpha value is -2.51. The fraction of sp³-hybridized carbons (Fsp3) is 0.348. The smallest absolute Gasteiger partial charge is 0.262 e. The van der Waals surface area contributed by atoms with E-state index in [9.17, 15) is 4.79 Å². The molecule has 0 spiro atoms. The molecular formula is C23H25BrN4O2. The average Bonchev–Trinajstić information content (AvgIpc) is 3.19. The van der Waals surface area contributed by atoms with Crippen molar-refractivity contribution in [3.63, 3.8) is 0 Å². The highest BCUT2D eigenvalue weighted by molar-refractivity contribution is 9.10. The Morgan fingerprint density at radius 1 is 1.07 bits per heavy atom. The van der Waals surface area contributed by atoms with Gasteiger partial charge in [0.2, 0.25) is 0 Å². The number of para-hydroxylation sites is 1. The molecule has 3 aromatic rings. The molecule has 0 aliphatic carbocycles. The number of hydrogen-bond acceptors (Lipinski definition) is 4. The lowest BCUT2D eigenvalue weighted by molar-refractivity contribution is -0.118. The van der Waals surface area contributed by atoms with Crippen molar-refractivity contribution in [1.82, 2.24) is 9.58 Å². The van der Waals surface area contributed by atoms with E-state index in [4.69, 9.17) is 4.74 Å². The van der Waals surface area contributed by atoms with Gasteiger partial charge in [-0.1, -0.05) is 18.2 Å². The molecule has 156 valence electrons. The summed E-state index contributed by atoms with van der Waals surface area (Å²) in [6, 6.07) is 14.6. The van der Waals surface area contributed by atoms with Gasteiger partial charge in [-0.25, -0.2) is 0 Å². The summed E-state index contributed by atoms with van der Waals surface area (Å²) in [6.45, 7) is 5.37. The SMILES string of the molecule is O=C1COc2ccc(CCCN3CCN(n4ccc5cccc(Br)c54)CC3)cc2N1. The summed E-state index contributed by atoms with van der Waals surface area (Å²) in [5.41, 5.74) is 3.28. The van der Waals surface area contributed by atoms with E-state index in [1.54, 1.807) is 0 Å². The van der Waals surface area contributed by atoms with E-state index >= 15 is 0 Å². The van der Waals surface area contributed by atoms with Gasteiger partial charge in [0, 0.05) is 42.2 Å². The molecule has 2 aromatic carbocycles. The zero-order valence-electron chi connectivity index (χ0n) is 16.8. The maximum atomic E-state index is 11.5. The van der Waals surface area contributed by atoms with Gasteiger partial charge in [0.25, 0.3) is 5.91 Å². The maximum Gasteiger partial charge on any atom is 0.262 e. The molecule has 30 heavy (non-hydrogen) atoms. The second kappa shape index (κ2) is 8.32. The Labute approximate surface area is 184 Å². The van der Waals surface area contributed by atoms with E-state index in [0.717, 1.165) is 61.5 Å². The van der Waals surface area contributed by atoms with Gasteiger partial charge in [0.1, 0.15) is 5.75 Å². The fourth-order valence-electron chi connectivity index (χ4n) is 4.34. The lowest BCUT2D eigenvalue weighted by Gasteiger charge is -2.37. The number of nitrogens with one attached hydrogen (secondary N) is 1. The van der Waals surface area contributed by atoms with Gasteiger partial charge >= 0.3 is 0 Å². The van der Waals surface area contributed by atoms with E-state index in [2.05, 4.69) is 72.4 Å². The largest absolute Gasteiger partial charge is 0.482 e. The number of carbonyl (C=O) groups excluding carboxylic acids is 1. The molecule has 1 amide bonds. The van der Waals surface area contributed by atoms with Crippen molar-refractivity contribution in [2.75, 3.05) is 49.7 Å². The molecule has 3 heterocycles. The van der Waals surface area contributed by atoms with Gasteiger partial charge in [0.05, 0.1) is 11.2 Å². The Morgan fingerprint density at radius 3 is 2.80 bits per heavy atom. The zero-order valence-corrected chi connectivity index (χ0v) is 18.4. The normalized spacial score (nSPS) is 17.0. The van der Waals surface area contributed by atoms with Gasteiger partial charge < -0.3 is 15.1 Å². The van der Waals surface area contributed by atoms with Crippen LogP contribution in [-0.4, -0.2) is 54.8 Å². The summed E-state index contributed by atoms with van der Waals surface area (Å²) in [6.07, 6.45) is 4.27. The number of hydrogen-bond donors (Lipinski definition) is 1. The lowest BCUT2D eigenvalue weighted by Crippen LogP contribution is -2.51. The van der Waals surface area contributed by atoms with E-state index in [0.29, 0.717) is 0 Å². The van der Waals surface area contributed by atoms with E-state index in [1.807, 2.05) is 12.1 Å². The van der Waals surface area contributed by atoms with Gasteiger partial charge in [-0.2, -0.15) is 0 Å². The zero-order chi connectivity index (χ0) is 20.5.